The Labute approximate surface area is 142 Å². The van der Waals surface area contributed by atoms with Gasteiger partial charge in [0.25, 0.3) is 5.91 Å². The van der Waals surface area contributed by atoms with Crippen molar-refractivity contribution < 1.29 is 9.53 Å². The van der Waals surface area contributed by atoms with Gasteiger partial charge in [0.2, 0.25) is 0 Å². The maximum Gasteiger partial charge on any atom is 0.257 e. The zero-order valence-electron chi connectivity index (χ0n) is 13.7. The van der Waals surface area contributed by atoms with E-state index in [1.165, 1.54) is 38.5 Å². The standard InChI is InChI=1S/C18H25ClN2O2/c1-23-16-11-15(20)14(19)10-13(16)17(22)21-9-5-8-18(12-21)6-3-2-4-7-18/h10-11H,2-9,12,20H2,1H3. The number of nitrogens with two attached hydrogens (primary N) is 1. The summed E-state index contributed by atoms with van der Waals surface area (Å²) in [6.07, 6.45) is 8.73. The van der Waals surface area contributed by atoms with Gasteiger partial charge in [-0.2, -0.15) is 0 Å². The van der Waals surface area contributed by atoms with Gasteiger partial charge < -0.3 is 15.4 Å². The molecule has 2 fully saturated rings. The Balaban J connectivity index is 1.84. The smallest absolute Gasteiger partial charge is 0.257 e. The van der Waals surface area contributed by atoms with E-state index in [1.807, 2.05) is 4.90 Å². The number of amides is 1. The molecule has 5 heteroatoms. The van der Waals surface area contributed by atoms with Crippen LogP contribution in [0.5, 0.6) is 5.75 Å². The molecular weight excluding hydrogens is 312 g/mol. The lowest BCUT2D eigenvalue weighted by Crippen LogP contribution is -2.47. The van der Waals surface area contributed by atoms with Gasteiger partial charge in [-0.15, -0.1) is 0 Å². The molecule has 1 aromatic carbocycles. The Kier molecular flexibility index (Phi) is 4.72. The minimum atomic E-state index is 0.00778. The SMILES string of the molecule is COc1cc(N)c(Cl)cc1C(=O)N1CCCC2(CCCCC2)C1. The number of anilines is 1. The third-order valence-electron chi connectivity index (χ3n) is 5.41. The Morgan fingerprint density at radius 2 is 1.91 bits per heavy atom. The summed E-state index contributed by atoms with van der Waals surface area (Å²) in [6, 6.07) is 3.27. The highest BCUT2D eigenvalue weighted by atomic mass is 35.5. The molecule has 1 aliphatic heterocycles. The van der Waals surface area contributed by atoms with Crippen molar-refractivity contribution in [3.8, 4) is 5.75 Å². The zero-order valence-corrected chi connectivity index (χ0v) is 14.5. The Morgan fingerprint density at radius 3 is 2.61 bits per heavy atom. The lowest BCUT2D eigenvalue weighted by Gasteiger charge is -2.45. The van der Waals surface area contributed by atoms with Crippen LogP contribution in [0.3, 0.4) is 0 Å². The van der Waals surface area contributed by atoms with Gasteiger partial charge in [-0.05, 0) is 37.2 Å². The molecule has 126 valence electrons. The zero-order chi connectivity index (χ0) is 16.4. The van der Waals surface area contributed by atoms with Crippen molar-refractivity contribution in [3.63, 3.8) is 0 Å². The summed E-state index contributed by atoms with van der Waals surface area (Å²) in [4.78, 5) is 15.0. The fourth-order valence-corrected chi connectivity index (χ4v) is 4.33. The van der Waals surface area contributed by atoms with Crippen molar-refractivity contribution in [2.24, 2.45) is 5.41 Å². The van der Waals surface area contributed by atoms with Gasteiger partial charge in [0.05, 0.1) is 23.4 Å². The van der Waals surface area contributed by atoms with Gasteiger partial charge in [-0.3, -0.25) is 4.79 Å². The largest absolute Gasteiger partial charge is 0.496 e. The van der Waals surface area contributed by atoms with Crippen LogP contribution in [-0.4, -0.2) is 31.0 Å². The molecule has 2 aliphatic rings. The van der Waals surface area contributed by atoms with Crippen LogP contribution in [0, 0.1) is 5.41 Å². The van der Waals surface area contributed by atoms with E-state index in [0.29, 0.717) is 27.4 Å². The molecule has 1 spiro atoms. The molecule has 0 aromatic heterocycles. The fraction of sp³-hybridized carbons (Fsp3) is 0.611. The molecule has 0 radical (unpaired) electrons. The summed E-state index contributed by atoms with van der Waals surface area (Å²) >= 11 is 6.12. The molecule has 4 nitrogen and oxygen atoms in total. The minimum absolute atomic E-state index is 0.00778. The highest BCUT2D eigenvalue weighted by Gasteiger charge is 2.38. The summed E-state index contributed by atoms with van der Waals surface area (Å²) in [5, 5.41) is 0.401. The lowest BCUT2D eigenvalue weighted by molar-refractivity contribution is 0.0382. The van der Waals surface area contributed by atoms with E-state index in [9.17, 15) is 4.79 Å². The van der Waals surface area contributed by atoms with Crippen LogP contribution >= 0.6 is 11.6 Å². The van der Waals surface area contributed by atoms with Gasteiger partial charge in [-0.25, -0.2) is 0 Å². The van der Waals surface area contributed by atoms with Gasteiger partial charge in [0, 0.05) is 19.2 Å². The van der Waals surface area contributed by atoms with Crippen LogP contribution in [-0.2, 0) is 0 Å². The average molecular weight is 337 g/mol. The average Bonchev–Trinajstić information content (AvgIpc) is 2.57. The van der Waals surface area contributed by atoms with Gasteiger partial charge in [0.15, 0.2) is 0 Å². The maximum atomic E-state index is 13.0. The molecule has 0 bridgehead atoms. The summed E-state index contributed by atoms with van der Waals surface area (Å²) < 4.78 is 5.34. The Morgan fingerprint density at radius 1 is 1.22 bits per heavy atom. The topological polar surface area (TPSA) is 55.6 Å². The third kappa shape index (κ3) is 3.27. The number of rotatable bonds is 2. The van der Waals surface area contributed by atoms with E-state index in [4.69, 9.17) is 22.1 Å². The summed E-state index contributed by atoms with van der Waals surface area (Å²) in [6.45, 7) is 1.67. The van der Waals surface area contributed by atoms with E-state index in [-0.39, 0.29) is 5.91 Å². The van der Waals surface area contributed by atoms with Gasteiger partial charge >= 0.3 is 0 Å². The molecule has 1 heterocycles. The molecule has 23 heavy (non-hydrogen) atoms. The molecule has 1 amide bonds. The quantitative estimate of drug-likeness (QED) is 0.826. The maximum absolute atomic E-state index is 13.0. The summed E-state index contributed by atoms with van der Waals surface area (Å²) in [7, 11) is 1.55. The van der Waals surface area contributed by atoms with E-state index >= 15 is 0 Å². The van der Waals surface area contributed by atoms with Crippen molar-refractivity contribution in [2.45, 2.75) is 44.9 Å². The van der Waals surface area contributed by atoms with E-state index in [1.54, 1.807) is 19.2 Å². The highest BCUT2D eigenvalue weighted by Crippen LogP contribution is 2.43. The van der Waals surface area contributed by atoms with Crippen LogP contribution in [0.1, 0.15) is 55.3 Å². The Hall–Kier alpha value is -1.42. The predicted octanol–water partition coefficient (Wildman–Crippen LogP) is 4.12. The number of benzene rings is 1. The molecule has 1 saturated heterocycles. The van der Waals surface area contributed by atoms with E-state index in [0.717, 1.165) is 19.5 Å². The second-order valence-electron chi connectivity index (χ2n) is 6.96. The third-order valence-corrected chi connectivity index (χ3v) is 5.74. The van der Waals surface area contributed by atoms with Crippen LogP contribution in [0.4, 0.5) is 5.69 Å². The fourth-order valence-electron chi connectivity index (χ4n) is 4.17. The molecule has 3 rings (SSSR count). The number of ether oxygens (including phenoxy) is 1. The van der Waals surface area contributed by atoms with E-state index < -0.39 is 0 Å². The molecule has 1 aliphatic carbocycles. The van der Waals surface area contributed by atoms with Crippen LogP contribution in [0.2, 0.25) is 5.02 Å². The van der Waals surface area contributed by atoms with Crippen molar-refractivity contribution >= 4 is 23.2 Å². The predicted molar refractivity (Wildman–Crippen MR) is 93.1 cm³/mol. The Bertz CT molecular complexity index is 591. The van der Waals surface area contributed by atoms with Crippen molar-refractivity contribution in [1.82, 2.24) is 4.90 Å². The van der Waals surface area contributed by atoms with Crippen LogP contribution in [0.25, 0.3) is 0 Å². The number of methoxy groups -OCH3 is 1. The number of hydrogen-bond acceptors (Lipinski definition) is 3. The first-order valence-electron chi connectivity index (χ1n) is 8.47. The second kappa shape index (κ2) is 6.60. The summed E-state index contributed by atoms with van der Waals surface area (Å²) in [5.74, 6) is 0.508. The molecule has 1 aromatic rings. The summed E-state index contributed by atoms with van der Waals surface area (Å²) in [5.41, 5.74) is 7.10. The van der Waals surface area contributed by atoms with Gasteiger partial charge in [0.1, 0.15) is 5.75 Å². The molecule has 2 N–H and O–H groups in total. The van der Waals surface area contributed by atoms with Crippen molar-refractivity contribution in [1.29, 1.82) is 0 Å². The second-order valence-corrected chi connectivity index (χ2v) is 7.37. The lowest BCUT2D eigenvalue weighted by atomic mass is 9.69. The van der Waals surface area contributed by atoms with Gasteiger partial charge in [-0.1, -0.05) is 30.9 Å². The van der Waals surface area contributed by atoms with Crippen molar-refractivity contribution in [3.05, 3.63) is 22.7 Å². The van der Waals surface area contributed by atoms with E-state index in [2.05, 4.69) is 0 Å². The number of nitrogens with zero attached hydrogens (tertiary/aromatic N) is 1. The monoisotopic (exact) mass is 336 g/mol. The molecular formula is C18H25ClN2O2. The first-order valence-corrected chi connectivity index (χ1v) is 8.85. The van der Waals surface area contributed by atoms with Crippen molar-refractivity contribution in [2.75, 3.05) is 25.9 Å². The first kappa shape index (κ1) is 16.4. The molecule has 1 saturated carbocycles. The van der Waals surface area contributed by atoms with Crippen LogP contribution in [0.15, 0.2) is 12.1 Å². The number of halogens is 1. The molecule has 0 unspecified atom stereocenters. The number of nitrogen functional groups attached to an aromatic ring is 1. The highest BCUT2D eigenvalue weighted by molar-refractivity contribution is 6.33. The van der Waals surface area contributed by atoms with Crippen LogP contribution < -0.4 is 10.5 Å². The number of piperidine rings is 1. The number of likely N-dealkylation sites (tertiary alicyclic amines) is 1. The normalized spacial score (nSPS) is 20.5. The number of hydrogen-bond donors (Lipinski definition) is 1. The minimum Gasteiger partial charge on any atom is -0.496 e. The number of carbonyl (C=O) groups excluding carboxylic acids is 1. The first-order chi connectivity index (χ1) is 11.0. The number of carbonyl (C=O) groups is 1. The molecule has 0 atom stereocenters.